The number of nitriles is 1. The van der Waals surface area contributed by atoms with Crippen molar-refractivity contribution in [3.05, 3.63) is 93.8 Å². The number of nitrogens with one attached hydrogen (secondary N) is 5. The van der Waals surface area contributed by atoms with Crippen molar-refractivity contribution < 1.29 is 42.2 Å². The van der Waals surface area contributed by atoms with Gasteiger partial charge in [0.15, 0.2) is 5.82 Å². The highest BCUT2D eigenvalue weighted by atomic mass is 32.2. The zero-order valence-corrected chi connectivity index (χ0v) is 41.1. The van der Waals surface area contributed by atoms with E-state index in [9.17, 15) is 42.8 Å². The van der Waals surface area contributed by atoms with Crippen LogP contribution in [0.2, 0.25) is 0 Å². The number of aromatic hydroxyl groups is 1. The number of hydrogen-bond donors (Lipinski definition) is 9. The third-order valence-corrected chi connectivity index (χ3v) is 12.2. The molecule has 0 radical (unpaired) electrons. The van der Waals surface area contributed by atoms with Gasteiger partial charge in [0.25, 0.3) is 16.1 Å². The molecule has 21 nitrogen and oxygen atoms in total. The smallest absolute Gasteiger partial charge is 0.274 e. The van der Waals surface area contributed by atoms with Crippen molar-refractivity contribution in [1.29, 1.82) is 5.26 Å². The molecule has 22 heteroatoms. The molecule has 374 valence electrons. The van der Waals surface area contributed by atoms with Crippen molar-refractivity contribution in [3.63, 3.8) is 0 Å². The number of benzene rings is 3. The Kier molecular flexibility index (Phi) is 17.8. The summed E-state index contributed by atoms with van der Waals surface area (Å²) in [6.45, 7) is 10.1. The van der Waals surface area contributed by atoms with Crippen molar-refractivity contribution in [2.45, 2.75) is 90.4 Å². The molecule has 0 spiro atoms. The summed E-state index contributed by atoms with van der Waals surface area (Å²) >= 11 is 0. The van der Waals surface area contributed by atoms with Crippen molar-refractivity contribution in [3.8, 4) is 40.1 Å². The number of carbonyl (C=O) groups is 5. The SMILES string of the molecule is Cc1nc(-c2ccc(C(C)(C)C)cc2)nc(C)c1C(=O)NC(CNS(N)(=O)=O)C(=O)N(C)C1C(=O)NC(C)C(=O)NC(C(=O)NCC#N)Cc2ccc(OCCN)c(c2)-c2cc1cc(CCCN)c2O. The van der Waals surface area contributed by atoms with Gasteiger partial charge in [-0.15, -0.1) is 0 Å². The number of aryl methyl sites for hydroxylation is 3. The molecule has 1 aliphatic rings. The molecule has 5 rings (SSSR count). The Labute approximate surface area is 407 Å². The Morgan fingerprint density at radius 2 is 1.66 bits per heavy atom. The fourth-order valence-electron chi connectivity index (χ4n) is 7.97. The summed E-state index contributed by atoms with van der Waals surface area (Å²) in [5.41, 5.74) is 15.3. The van der Waals surface area contributed by atoms with Gasteiger partial charge in [0.2, 0.25) is 23.6 Å². The lowest BCUT2D eigenvalue weighted by molar-refractivity contribution is -0.141. The highest BCUT2D eigenvalue weighted by Gasteiger charge is 2.37. The lowest BCUT2D eigenvalue weighted by Gasteiger charge is -2.33. The van der Waals surface area contributed by atoms with Crippen molar-refractivity contribution >= 4 is 39.7 Å². The summed E-state index contributed by atoms with van der Waals surface area (Å²) in [6.07, 6.45) is 0.497. The first-order valence-electron chi connectivity index (χ1n) is 22.6. The van der Waals surface area contributed by atoms with Crippen molar-refractivity contribution in [2.24, 2.45) is 16.6 Å². The number of amides is 5. The van der Waals surface area contributed by atoms with E-state index < -0.39 is 70.5 Å². The van der Waals surface area contributed by atoms with Crippen LogP contribution in [0.25, 0.3) is 22.5 Å². The van der Waals surface area contributed by atoms with Crippen LogP contribution in [0.4, 0.5) is 0 Å². The van der Waals surface area contributed by atoms with Gasteiger partial charge in [0.05, 0.1) is 23.0 Å². The number of aromatic nitrogens is 2. The zero-order chi connectivity index (χ0) is 51.7. The minimum atomic E-state index is -4.46. The molecule has 0 fully saturated rings. The highest BCUT2D eigenvalue weighted by Crippen LogP contribution is 2.42. The topological polar surface area (TPSA) is 340 Å². The number of nitrogens with two attached hydrogens (primary N) is 3. The molecule has 0 aliphatic carbocycles. The molecular weight excluding hydrogens is 921 g/mol. The predicted molar refractivity (Wildman–Crippen MR) is 261 cm³/mol. The van der Waals surface area contributed by atoms with Crippen LogP contribution < -0.4 is 47.3 Å². The number of rotatable bonds is 16. The molecule has 0 saturated heterocycles. The monoisotopic (exact) mass is 982 g/mol. The maximum absolute atomic E-state index is 14.9. The average molecular weight is 983 g/mol. The van der Waals surface area contributed by atoms with Gasteiger partial charge in [-0.25, -0.2) is 15.1 Å². The molecule has 4 aromatic rings. The molecule has 4 atom stereocenters. The zero-order valence-electron chi connectivity index (χ0n) is 40.3. The Hall–Kier alpha value is -7.03. The standard InChI is InChI=1S/C48H62N12O9S/c1-26-39(27(2)56-42(55-26)30-11-13-33(14-12-30)48(4,5)6)45(64)59-37(25-54-70(52,67)68)47(66)60(7)40-32-23-31(9-8-16-49)41(61)35(24-32)34-21-29(10-15-38(34)69-20-18-51)22-36(44(63)53-19-17-50)58-43(62)28(3)57-46(40)65/h10-15,21,23-24,28,36-37,40,54,61H,8-9,16,18-20,22,25,49,51H2,1-7H3,(H,53,63)(H,57,65)(H,58,62)(H,59,64)(H2,52,67,68). The predicted octanol–water partition coefficient (Wildman–Crippen LogP) is 0.936. The van der Waals surface area contributed by atoms with Gasteiger partial charge in [-0.3, -0.25) is 24.0 Å². The van der Waals surface area contributed by atoms with E-state index in [1.165, 1.54) is 26.1 Å². The third kappa shape index (κ3) is 13.4. The van der Waals surface area contributed by atoms with Gasteiger partial charge in [-0.1, -0.05) is 51.1 Å². The molecular formula is C48H62N12O9S. The van der Waals surface area contributed by atoms with E-state index in [-0.39, 0.29) is 84.1 Å². The summed E-state index contributed by atoms with van der Waals surface area (Å²) < 4.78 is 32.7. The molecule has 5 amide bonds. The van der Waals surface area contributed by atoms with Gasteiger partial charge in [0, 0.05) is 43.2 Å². The quantitative estimate of drug-likeness (QED) is 0.0706. The minimum absolute atomic E-state index is 0.00362. The number of likely N-dealkylation sites (N-methyl/N-ethyl adjacent to an activating group) is 1. The molecule has 4 unspecified atom stereocenters. The lowest BCUT2D eigenvalue weighted by atomic mass is 9.86. The summed E-state index contributed by atoms with van der Waals surface area (Å²) in [7, 11) is -3.22. The van der Waals surface area contributed by atoms with E-state index in [4.69, 9.17) is 21.3 Å². The molecule has 12 N–H and O–H groups in total. The summed E-state index contributed by atoms with van der Waals surface area (Å²) in [5, 5.41) is 36.8. The van der Waals surface area contributed by atoms with Crippen LogP contribution in [0.1, 0.15) is 84.2 Å². The number of carbonyl (C=O) groups excluding carboxylic acids is 5. The molecule has 2 heterocycles. The molecule has 70 heavy (non-hydrogen) atoms. The van der Waals surface area contributed by atoms with Gasteiger partial charge in [-0.05, 0) is 92.1 Å². The Morgan fingerprint density at radius 1 is 0.986 bits per heavy atom. The molecule has 4 bridgehead atoms. The number of nitrogens with zero attached hydrogens (tertiary/aromatic N) is 4. The number of phenols is 1. The average Bonchev–Trinajstić information content (AvgIpc) is 3.29. The molecule has 1 aliphatic heterocycles. The van der Waals surface area contributed by atoms with Crippen LogP contribution in [-0.2, 0) is 47.6 Å². The lowest BCUT2D eigenvalue weighted by Crippen LogP contribution is -2.57. The van der Waals surface area contributed by atoms with Crippen LogP contribution in [0.5, 0.6) is 11.5 Å². The normalized spacial score (nSPS) is 16.7. The van der Waals surface area contributed by atoms with Crippen LogP contribution in [0, 0.1) is 25.2 Å². The first kappa shape index (κ1) is 53.9. The van der Waals surface area contributed by atoms with Gasteiger partial charge in [0.1, 0.15) is 48.8 Å². The van der Waals surface area contributed by atoms with E-state index in [1.807, 2.05) is 30.3 Å². The molecule has 1 aromatic heterocycles. The van der Waals surface area contributed by atoms with Gasteiger partial charge in [-0.2, -0.15) is 18.4 Å². The number of phenolic OH excluding ortho intramolecular Hbond substituents is 1. The second kappa shape index (κ2) is 23.1. The summed E-state index contributed by atoms with van der Waals surface area (Å²) in [5.74, 6) is -3.85. The number of fused-ring (bicyclic) bond motifs is 5. The van der Waals surface area contributed by atoms with Crippen LogP contribution in [-0.4, -0.2) is 116 Å². The first-order chi connectivity index (χ1) is 33.0. The van der Waals surface area contributed by atoms with E-state index in [1.54, 1.807) is 32.0 Å². The molecule has 0 saturated carbocycles. The second-order valence-corrected chi connectivity index (χ2v) is 19.4. The molecule has 3 aromatic carbocycles. The fourth-order valence-corrected chi connectivity index (χ4v) is 8.37. The van der Waals surface area contributed by atoms with E-state index in [0.29, 0.717) is 34.5 Å². The Morgan fingerprint density at radius 3 is 2.26 bits per heavy atom. The maximum Gasteiger partial charge on any atom is 0.274 e. The maximum atomic E-state index is 14.9. The summed E-state index contributed by atoms with van der Waals surface area (Å²) in [6, 6.07) is 11.4. The van der Waals surface area contributed by atoms with Gasteiger partial charge >= 0.3 is 0 Å². The van der Waals surface area contributed by atoms with Crippen LogP contribution in [0.15, 0.2) is 54.6 Å². The second-order valence-electron chi connectivity index (χ2n) is 18.0. The van der Waals surface area contributed by atoms with Crippen LogP contribution >= 0.6 is 0 Å². The Bertz CT molecular complexity index is 2750. The first-order valence-corrected chi connectivity index (χ1v) is 24.1. The summed E-state index contributed by atoms with van der Waals surface area (Å²) in [4.78, 5) is 81.3. The van der Waals surface area contributed by atoms with E-state index >= 15 is 0 Å². The number of ether oxygens (including phenoxy) is 1. The van der Waals surface area contributed by atoms with E-state index in [2.05, 4.69) is 56.7 Å². The van der Waals surface area contributed by atoms with Gasteiger partial charge < -0.3 is 47.5 Å². The van der Waals surface area contributed by atoms with Crippen molar-refractivity contribution in [2.75, 3.05) is 39.8 Å². The minimum Gasteiger partial charge on any atom is -0.507 e. The fraction of sp³-hybridized carbons (Fsp3) is 0.417. The van der Waals surface area contributed by atoms with E-state index in [0.717, 1.165) is 10.5 Å². The highest BCUT2D eigenvalue weighted by molar-refractivity contribution is 7.87. The third-order valence-electron chi connectivity index (χ3n) is 11.6. The van der Waals surface area contributed by atoms with Crippen molar-refractivity contribution in [1.82, 2.24) is 40.9 Å². The number of hydrogen-bond acceptors (Lipinski definition) is 14. The largest absolute Gasteiger partial charge is 0.507 e. The van der Waals surface area contributed by atoms with Crippen LogP contribution in [0.3, 0.4) is 0 Å². The Balaban J connectivity index is 1.64.